The van der Waals surface area contributed by atoms with Crippen molar-refractivity contribution >= 4 is 28.3 Å². The molecule has 1 aromatic rings. The highest BCUT2D eigenvalue weighted by molar-refractivity contribution is 14.1. The summed E-state index contributed by atoms with van der Waals surface area (Å²) in [7, 11) is 0. The predicted molar refractivity (Wildman–Crippen MR) is 59.6 cm³/mol. The zero-order valence-corrected chi connectivity index (χ0v) is 10.5. The number of alkyl halides is 3. The van der Waals surface area contributed by atoms with Gasteiger partial charge in [0.25, 0.3) is 0 Å². The third kappa shape index (κ3) is 3.69. The summed E-state index contributed by atoms with van der Waals surface area (Å²) in [5, 5.41) is 19.2. The largest absolute Gasteiger partial charge is 0.574 e. The van der Waals surface area contributed by atoms with Crippen molar-refractivity contribution in [3.8, 4) is 11.9 Å². The molecule has 6 nitrogen and oxygen atoms in total. The fourth-order valence-corrected chi connectivity index (χ4v) is 1.72. The molecule has 0 bridgehead atoms. The molecular weight excluding hydrogens is 370 g/mol. The van der Waals surface area contributed by atoms with Gasteiger partial charge in [-0.05, 0) is 28.7 Å². The maximum absolute atomic E-state index is 12.1. The van der Waals surface area contributed by atoms with Crippen LogP contribution in [-0.2, 0) is 6.42 Å². The lowest BCUT2D eigenvalue weighted by atomic mass is 10.2. The number of pyridine rings is 1. The number of nitro groups is 1. The molecular formula is C8H3F3IN3O3. The Labute approximate surface area is 112 Å². The van der Waals surface area contributed by atoms with E-state index in [4.69, 9.17) is 5.26 Å². The van der Waals surface area contributed by atoms with Crippen LogP contribution in [0.15, 0.2) is 6.07 Å². The van der Waals surface area contributed by atoms with Crippen LogP contribution < -0.4 is 4.74 Å². The Balaban J connectivity index is 3.39. The summed E-state index contributed by atoms with van der Waals surface area (Å²) in [6.45, 7) is 0. The Hall–Kier alpha value is -1.64. The average Bonchev–Trinajstić information content (AvgIpc) is 2.13. The summed E-state index contributed by atoms with van der Waals surface area (Å²) in [5.41, 5.74) is -1.13. The number of aromatic nitrogens is 1. The van der Waals surface area contributed by atoms with E-state index in [2.05, 4.69) is 9.72 Å². The van der Waals surface area contributed by atoms with Gasteiger partial charge in [-0.3, -0.25) is 10.1 Å². The maximum atomic E-state index is 12.1. The van der Waals surface area contributed by atoms with Crippen molar-refractivity contribution in [1.82, 2.24) is 4.98 Å². The van der Waals surface area contributed by atoms with Crippen molar-refractivity contribution in [3.05, 3.63) is 25.4 Å². The van der Waals surface area contributed by atoms with Crippen LogP contribution in [0, 0.1) is 25.1 Å². The molecule has 0 fully saturated rings. The van der Waals surface area contributed by atoms with Gasteiger partial charge in [0.2, 0.25) is 0 Å². The average molecular weight is 373 g/mol. The number of nitrogens with zero attached hydrogens (tertiary/aromatic N) is 3. The van der Waals surface area contributed by atoms with Crippen LogP contribution in [0.25, 0.3) is 0 Å². The van der Waals surface area contributed by atoms with Gasteiger partial charge in [-0.2, -0.15) is 5.26 Å². The fraction of sp³-hybridized carbons (Fsp3) is 0.250. The van der Waals surface area contributed by atoms with Crippen molar-refractivity contribution < 1.29 is 22.8 Å². The van der Waals surface area contributed by atoms with E-state index in [1.807, 2.05) is 0 Å². The second-order valence-corrected chi connectivity index (χ2v) is 4.00. The monoisotopic (exact) mass is 373 g/mol. The van der Waals surface area contributed by atoms with Crippen LogP contribution in [0.5, 0.6) is 5.88 Å². The van der Waals surface area contributed by atoms with Crippen LogP contribution in [0.3, 0.4) is 0 Å². The van der Waals surface area contributed by atoms with E-state index < -0.39 is 29.3 Å². The molecule has 0 spiro atoms. The van der Waals surface area contributed by atoms with E-state index in [-0.39, 0.29) is 9.26 Å². The maximum Gasteiger partial charge on any atom is 0.574 e. The molecule has 0 aliphatic rings. The number of rotatable bonds is 3. The van der Waals surface area contributed by atoms with Crippen LogP contribution in [0.4, 0.5) is 18.9 Å². The van der Waals surface area contributed by atoms with E-state index in [1.54, 1.807) is 28.7 Å². The molecule has 1 rings (SSSR count). The predicted octanol–water partition coefficient (Wildman–Crippen LogP) is 2.56. The first-order valence-electron chi connectivity index (χ1n) is 4.21. The summed E-state index contributed by atoms with van der Waals surface area (Å²) >= 11 is 1.57. The molecule has 0 N–H and O–H groups in total. The van der Waals surface area contributed by atoms with Crippen molar-refractivity contribution in [2.24, 2.45) is 0 Å². The van der Waals surface area contributed by atoms with E-state index in [0.717, 1.165) is 6.07 Å². The normalized spacial score (nSPS) is 10.8. The fourth-order valence-electron chi connectivity index (χ4n) is 1.13. The zero-order chi connectivity index (χ0) is 13.9. The second kappa shape index (κ2) is 5.34. The molecule has 0 aromatic carbocycles. The number of ether oxygens (including phenoxy) is 1. The van der Waals surface area contributed by atoms with Crippen molar-refractivity contribution in [1.29, 1.82) is 5.26 Å². The van der Waals surface area contributed by atoms with Crippen LogP contribution in [-0.4, -0.2) is 16.3 Å². The van der Waals surface area contributed by atoms with E-state index in [0.29, 0.717) is 0 Å². The minimum Gasteiger partial charge on any atom is -0.381 e. The second-order valence-electron chi connectivity index (χ2n) is 2.90. The van der Waals surface area contributed by atoms with Gasteiger partial charge in [-0.15, -0.1) is 13.2 Å². The molecule has 0 amide bonds. The van der Waals surface area contributed by atoms with Gasteiger partial charge in [0, 0.05) is 0 Å². The number of hydrogen-bond donors (Lipinski definition) is 0. The first-order valence-corrected chi connectivity index (χ1v) is 5.29. The Bertz CT molecular complexity index is 527. The van der Waals surface area contributed by atoms with Gasteiger partial charge < -0.3 is 4.74 Å². The smallest absolute Gasteiger partial charge is 0.381 e. The molecule has 0 saturated carbocycles. The lowest BCUT2D eigenvalue weighted by Gasteiger charge is -2.09. The highest BCUT2D eigenvalue weighted by Crippen LogP contribution is 2.34. The molecule has 0 aliphatic carbocycles. The Morgan fingerprint density at radius 3 is 2.67 bits per heavy atom. The lowest BCUT2D eigenvalue weighted by molar-refractivity contribution is -0.389. The molecule has 0 atom stereocenters. The van der Waals surface area contributed by atoms with Gasteiger partial charge in [0.1, 0.15) is 3.70 Å². The van der Waals surface area contributed by atoms with Gasteiger partial charge in [0.15, 0.2) is 0 Å². The van der Waals surface area contributed by atoms with Crippen LogP contribution in [0.2, 0.25) is 0 Å². The van der Waals surface area contributed by atoms with Crippen LogP contribution >= 0.6 is 22.6 Å². The molecule has 0 unspecified atom stereocenters. The zero-order valence-electron chi connectivity index (χ0n) is 8.36. The quantitative estimate of drug-likeness (QED) is 0.352. The van der Waals surface area contributed by atoms with Gasteiger partial charge in [-0.1, -0.05) is 0 Å². The molecule has 10 heteroatoms. The van der Waals surface area contributed by atoms with Gasteiger partial charge >= 0.3 is 17.9 Å². The molecule has 0 aliphatic heterocycles. The number of nitriles is 1. The van der Waals surface area contributed by atoms with E-state index in [9.17, 15) is 23.3 Å². The highest BCUT2D eigenvalue weighted by Gasteiger charge is 2.37. The van der Waals surface area contributed by atoms with Gasteiger partial charge in [-0.25, -0.2) is 4.98 Å². The van der Waals surface area contributed by atoms with Crippen molar-refractivity contribution in [2.75, 3.05) is 0 Å². The molecule has 0 saturated heterocycles. The highest BCUT2D eigenvalue weighted by atomic mass is 127. The molecule has 96 valence electrons. The lowest BCUT2D eigenvalue weighted by Crippen LogP contribution is -2.19. The third-order valence-electron chi connectivity index (χ3n) is 1.67. The molecule has 18 heavy (non-hydrogen) atoms. The minimum absolute atomic E-state index is 0.0581. The van der Waals surface area contributed by atoms with Crippen molar-refractivity contribution in [2.45, 2.75) is 12.8 Å². The third-order valence-corrected chi connectivity index (χ3v) is 2.23. The Morgan fingerprint density at radius 2 is 2.22 bits per heavy atom. The number of halogens is 4. The van der Waals surface area contributed by atoms with E-state index in [1.165, 1.54) is 0 Å². The summed E-state index contributed by atoms with van der Waals surface area (Å²) in [5.74, 6) is -1.16. The van der Waals surface area contributed by atoms with Gasteiger partial charge in [0.05, 0.1) is 23.0 Å². The molecule has 1 heterocycles. The topological polar surface area (TPSA) is 89.0 Å². The number of hydrogen-bond acceptors (Lipinski definition) is 5. The van der Waals surface area contributed by atoms with Crippen molar-refractivity contribution in [3.63, 3.8) is 0 Å². The summed E-state index contributed by atoms with van der Waals surface area (Å²) in [4.78, 5) is 13.0. The minimum atomic E-state index is -5.09. The first kappa shape index (κ1) is 14.4. The van der Waals surface area contributed by atoms with E-state index >= 15 is 0 Å². The van der Waals surface area contributed by atoms with Crippen LogP contribution in [0.1, 0.15) is 5.56 Å². The molecule has 1 aromatic heterocycles. The molecule has 0 radical (unpaired) electrons. The standard InChI is InChI=1S/C8H3F3IN3O3/c9-8(10,11)18-7-6(15(16)17)4(1-2-13)3-5(12)14-7/h3H,1H2. The SMILES string of the molecule is N#CCc1cc(I)nc(OC(F)(F)F)c1[N+](=O)[O-]. The summed E-state index contributed by atoms with van der Waals surface area (Å²) in [6.07, 6.45) is -5.50. The Kier molecular flexibility index (Phi) is 4.28. The Morgan fingerprint density at radius 1 is 1.61 bits per heavy atom. The first-order chi connectivity index (χ1) is 8.24. The summed E-state index contributed by atoms with van der Waals surface area (Å²) in [6, 6.07) is 2.78. The summed E-state index contributed by atoms with van der Waals surface area (Å²) < 4.78 is 39.8.